The van der Waals surface area contributed by atoms with Crippen LogP contribution in [0, 0.1) is 0 Å². The summed E-state index contributed by atoms with van der Waals surface area (Å²) in [6.45, 7) is 6.83. The van der Waals surface area contributed by atoms with Crippen molar-refractivity contribution in [3.8, 4) is 0 Å². The molecule has 0 saturated heterocycles. The van der Waals surface area contributed by atoms with Gasteiger partial charge in [-0.3, -0.25) is 14.2 Å². The molecule has 0 aliphatic rings. The Morgan fingerprint density at radius 1 is 0.479 bits per heavy atom. The van der Waals surface area contributed by atoms with Gasteiger partial charge in [-0.05, 0) is 51.0 Å². The Bertz CT molecular complexity index is 1270. The number of phosphoric acid groups is 1. The van der Waals surface area contributed by atoms with Gasteiger partial charge in [0.15, 0.2) is 0 Å². The number of nitrogens with zero attached hydrogens (tertiary/aromatic N) is 1. The number of amides is 1. The van der Waals surface area contributed by atoms with E-state index in [4.69, 9.17) is 13.8 Å². The predicted octanol–water partition coefficient (Wildman–Crippen LogP) is 17.9. The van der Waals surface area contributed by atoms with Crippen LogP contribution in [0.4, 0.5) is 0 Å². The lowest BCUT2D eigenvalue weighted by Crippen LogP contribution is -2.47. The molecule has 0 radical (unpaired) electrons. The number of carbonyl (C=O) groups excluding carboxylic acids is 2. The summed E-state index contributed by atoms with van der Waals surface area (Å²) in [6, 6.07) is -0.886. The fraction of sp³-hybridized carbons (Fsp3) is 0.902. The van der Waals surface area contributed by atoms with Gasteiger partial charge in [-0.2, -0.15) is 0 Å². The number of phosphoric ester groups is 1. The van der Waals surface area contributed by atoms with Gasteiger partial charge in [0.1, 0.15) is 19.3 Å². The van der Waals surface area contributed by atoms with Crippen molar-refractivity contribution in [1.82, 2.24) is 5.32 Å². The highest BCUT2D eigenvalue weighted by atomic mass is 31.2. The predicted molar refractivity (Wildman–Crippen MR) is 303 cm³/mol. The Morgan fingerprint density at radius 3 is 1.24 bits per heavy atom. The molecular weight excluding hydrogens is 904 g/mol. The number of hydrogen-bond donors (Lipinski definition) is 1. The van der Waals surface area contributed by atoms with Gasteiger partial charge >= 0.3 is 5.97 Å². The summed E-state index contributed by atoms with van der Waals surface area (Å²) < 4.78 is 30.3. The summed E-state index contributed by atoms with van der Waals surface area (Å²) in [4.78, 5) is 39.9. The maximum absolute atomic E-state index is 13.5. The first-order valence-corrected chi connectivity index (χ1v) is 32.1. The molecule has 1 N–H and O–H groups in total. The zero-order chi connectivity index (χ0) is 52.2. The van der Waals surface area contributed by atoms with Crippen LogP contribution in [0.1, 0.15) is 303 Å². The van der Waals surface area contributed by atoms with Crippen LogP contribution < -0.4 is 10.2 Å². The number of rotatable bonds is 56. The van der Waals surface area contributed by atoms with Crippen LogP contribution in [-0.4, -0.2) is 69.4 Å². The molecule has 10 heteroatoms. The van der Waals surface area contributed by atoms with Crippen LogP contribution in [0.3, 0.4) is 0 Å². The molecule has 0 aromatic rings. The SMILES string of the molecule is CCCC/C=C\CCCCCCCC(=O)NC(COP(=O)([O-])OCC[N+](C)(C)C)C(/C=C\CCCCCCCCCCCCC)OC(=O)CCCCCCCCCCCCCCCCCCCCCCC. The molecule has 1 amide bonds. The number of esters is 1. The number of ether oxygens (including phenoxy) is 1. The van der Waals surface area contributed by atoms with Crippen molar-refractivity contribution < 1.29 is 37.3 Å². The minimum absolute atomic E-state index is 0.0206. The molecule has 0 aliphatic carbocycles. The average Bonchev–Trinajstić information content (AvgIpc) is 3.33. The second-order valence-corrected chi connectivity index (χ2v) is 23.6. The Labute approximate surface area is 441 Å². The van der Waals surface area contributed by atoms with Crippen LogP contribution >= 0.6 is 7.82 Å². The highest BCUT2D eigenvalue weighted by Crippen LogP contribution is 2.38. The molecule has 0 spiro atoms. The van der Waals surface area contributed by atoms with E-state index in [9.17, 15) is 19.0 Å². The van der Waals surface area contributed by atoms with Crippen LogP contribution in [0.5, 0.6) is 0 Å². The quantitative estimate of drug-likeness (QED) is 0.0212. The van der Waals surface area contributed by atoms with E-state index in [0.717, 1.165) is 83.5 Å². The molecule has 3 atom stereocenters. The minimum atomic E-state index is -4.69. The molecule has 9 nitrogen and oxygen atoms in total. The Morgan fingerprint density at radius 2 is 0.831 bits per heavy atom. The van der Waals surface area contributed by atoms with E-state index in [-0.39, 0.29) is 31.5 Å². The smallest absolute Gasteiger partial charge is 0.306 e. The number of hydrogen-bond acceptors (Lipinski definition) is 7. The Hall–Kier alpha value is -1.51. The normalized spacial score (nSPS) is 13.8. The van der Waals surface area contributed by atoms with E-state index < -0.39 is 20.0 Å². The summed E-state index contributed by atoms with van der Waals surface area (Å²) in [5.41, 5.74) is 0. The van der Waals surface area contributed by atoms with Crippen molar-refractivity contribution in [3.05, 3.63) is 24.3 Å². The third-order valence-electron chi connectivity index (χ3n) is 13.9. The van der Waals surface area contributed by atoms with Crippen molar-refractivity contribution >= 4 is 19.7 Å². The van der Waals surface area contributed by atoms with Gasteiger partial charge in [0.05, 0.1) is 33.8 Å². The monoisotopic (exact) mass is 1020 g/mol. The number of likely N-dealkylation sites (N-methyl/N-ethyl adjacent to an activating group) is 1. The van der Waals surface area contributed by atoms with Gasteiger partial charge in [0, 0.05) is 12.8 Å². The summed E-state index contributed by atoms with van der Waals surface area (Å²) in [6.07, 6.45) is 60.1. The minimum Gasteiger partial charge on any atom is -0.756 e. The molecule has 0 heterocycles. The van der Waals surface area contributed by atoms with Crippen molar-refractivity contribution in [1.29, 1.82) is 0 Å². The van der Waals surface area contributed by atoms with E-state index in [2.05, 4.69) is 38.2 Å². The molecule has 0 saturated carbocycles. The average molecular weight is 1020 g/mol. The largest absolute Gasteiger partial charge is 0.756 e. The van der Waals surface area contributed by atoms with E-state index in [1.165, 1.54) is 186 Å². The van der Waals surface area contributed by atoms with Crippen molar-refractivity contribution in [2.75, 3.05) is 40.9 Å². The van der Waals surface area contributed by atoms with E-state index in [1.54, 1.807) is 0 Å². The molecule has 0 aliphatic heterocycles. The molecule has 0 fully saturated rings. The third kappa shape index (κ3) is 53.1. The second-order valence-electron chi connectivity index (χ2n) is 22.2. The first-order chi connectivity index (χ1) is 34.4. The Kier molecular flexibility index (Phi) is 50.8. The maximum Gasteiger partial charge on any atom is 0.306 e. The third-order valence-corrected chi connectivity index (χ3v) is 14.8. The molecule has 0 aromatic heterocycles. The van der Waals surface area contributed by atoms with Gasteiger partial charge in [-0.1, -0.05) is 264 Å². The van der Waals surface area contributed by atoms with Crippen LogP contribution in [0.15, 0.2) is 24.3 Å². The summed E-state index contributed by atoms with van der Waals surface area (Å²) >= 11 is 0. The first-order valence-electron chi connectivity index (χ1n) is 30.6. The van der Waals surface area contributed by atoms with Gasteiger partial charge in [-0.25, -0.2) is 0 Å². The van der Waals surface area contributed by atoms with Crippen molar-refractivity contribution in [2.24, 2.45) is 0 Å². The van der Waals surface area contributed by atoms with Gasteiger partial charge in [0.25, 0.3) is 7.82 Å². The van der Waals surface area contributed by atoms with Crippen LogP contribution in [0.25, 0.3) is 0 Å². The molecule has 420 valence electrons. The van der Waals surface area contributed by atoms with Gasteiger partial charge < -0.3 is 28.5 Å². The van der Waals surface area contributed by atoms with E-state index in [1.807, 2.05) is 33.3 Å². The number of carbonyl (C=O) groups is 2. The topological polar surface area (TPSA) is 114 Å². The lowest BCUT2D eigenvalue weighted by Gasteiger charge is -2.30. The van der Waals surface area contributed by atoms with Gasteiger partial charge in [0.2, 0.25) is 5.91 Å². The lowest BCUT2D eigenvalue weighted by atomic mass is 10.0. The molecule has 0 bridgehead atoms. The maximum atomic E-state index is 13.5. The number of quaternary nitrogens is 1. The number of unbranched alkanes of at least 4 members (excludes halogenated alkanes) is 38. The molecule has 71 heavy (non-hydrogen) atoms. The first kappa shape index (κ1) is 69.5. The summed E-state index contributed by atoms with van der Waals surface area (Å²) in [7, 11) is 1.19. The number of nitrogens with one attached hydrogen (secondary N) is 1. The highest BCUT2D eigenvalue weighted by Gasteiger charge is 2.27. The van der Waals surface area contributed by atoms with Crippen LogP contribution in [-0.2, 0) is 27.9 Å². The van der Waals surface area contributed by atoms with E-state index >= 15 is 0 Å². The molecule has 0 aromatic carbocycles. The van der Waals surface area contributed by atoms with E-state index in [0.29, 0.717) is 17.4 Å². The highest BCUT2D eigenvalue weighted by molar-refractivity contribution is 7.45. The molecule has 0 rings (SSSR count). The fourth-order valence-corrected chi connectivity index (χ4v) is 9.82. The van der Waals surface area contributed by atoms with Crippen molar-refractivity contribution in [3.63, 3.8) is 0 Å². The summed E-state index contributed by atoms with van der Waals surface area (Å²) in [5, 5.41) is 3.02. The zero-order valence-corrected chi connectivity index (χ0v) is 48.8. The van der Waals surface area contributed by atoms with Crippen molar-refractivity contribution in [2.45, 2.75) is 315 Å². The molecular formula is C61H119N2O7P. The summed E-state index contributed by atoms with van der Waals surface area (Å²) in [5.74, 6) is -0.538. The fourth-order valence-electron chi connectivity index (χ4n) is 9.09. The Balaban J connectivity index is 5.17. The standard InChI is InChI=1S/C61H119N2O7P/c1-7-10-13-16-19-22-25-27-28-29-30-31-32-33-34-36-39-42-45-48-51-54-61(65)70-59(52-49-46-43-40-38-35-26-23-20-17-14-11-8-2)58(57-69-71(66,67)68-56-55-63(4,5)6)62-60(64)53-50-47-44-41-37-24-21-18-15-12-9-3/h18,21,49,52,58-59H,7-17,19-20,22-48,50-51,53-57H2,1-6H3,(H-,62,64,66,67)/b21-18-,52-49-. The number of allylic oxidation sites excluding steroid dienone is 3. The zero-order valence-electron chi connectivity index (χ0n) is 48.0. The van der Waals surface area contributed by atoms with Gasteiger partial charge in [-0.15, -0.1) is 0 Å². The van der Waals surface area contributed by atoms with Crippen LogP contribution in [0.2, 0.25) is 0 Å². The second kappa shape index (κ2) is 52.0. The molecule has 3 unspecified atom stereocenters. The lowest BCUT2D eigenvalue weighted by molar-refractivity contribution is -0.870.